The maximum Gasteiger partial charge on any atom is 0.269 e. The molecule has 0 aromatic heterocycles. The summed E-state index contributed by atoms with van der Waals surface area (Å²) in [6.07, 6.45) is 1.19. The summed E-state index contributed by atoms with van der Waals surface area (Å²) in [5.41, 5.74) is 1.12. The Bertz CT molecular complexity index is 448. The summed E-state index contributed by atoms with van der Waals surface area (Å²) in [6.45, 7) is 2.37. The lowest BCUT2D eigenvalue weighted by Crippen LogP contribution is -2.30. The highest BCUT2D eigenvalue weighted by Crippen LogP contribution is 2.11. The normalized spacial score (nSPS) is 10.3. The first-order valence-electron chi connectivity index (χ1n) is 6.83. The molecule has 116 valence electrons. The van der Waals surface area contributed by atoms with Gasteiger partial charge in [0.05, 0.1) is 11.5 Å². The number of ether oxygens (including phenoxy) is 1. The van der Waals surface area contributed by atoms with Gasteiger partial charge in [0.25, 0.3) is 5.69 Å². The van der Waals surface area contributed by atoms with E-state index in [1.165, 1.54) is 12.1 Å². The van der Waals surface area contributed by atoms with Crippen molar-refractivity contribution < 1.29 is 14.5 Å². The van der Waals surface area contributed by atoms with Crippen molar-refractivity contribution in [2.75, 3.05) is 33.4 Å². The van der Waals surface area contributed by atoms with E-state index in [4.69, 9.17) is 4.74 Å². The summed E-state index contributed by atoms with van der Waals surface area (Å²) in [6, 6.07) is 6.49. The van der Waals surface area contributed by atoms with Gasteiger partial charge in [-0.25, -0.2) is 0 Å². The molecule has 0 radical (unpaired) electrons. The molecule has 0 fully saturated rings. The predicted octanol–water partition coefficient (Wildman–Crippen LogP) is 0.880. The van der Waals surface area contributed by atoms with Crippen molar-refractivity contribution in [2.24, 2.45) is 0 Å². The number of nitrogens with one attached hydrogen (secondary N) is 2. The van der Waals surface area contributed by atoms with Crippen LogP contribution in [0.1, 0.15) is 12.0 Å². The van der Waals surface area contributed by atoms with E-state index in [0.717, 1.165) is 18.5 Å². The van der Waals surface area contributed by atoms with Gasteiger partial charge in [-0.3, -0.25) is 14.9 Å². The summed E-state index contributed by atoms with van der Waals surface area (Å²) < 4.78 is 4.83. The minimum absolute atomic E-state index is 0.00474. The van der Waals surface area contributed by atoms with Gasteiger partial charge >= 0.3 is 0 Å². The fourth-order valence-electron chi connectivity index (χ4n) is 1.72. The first-order valence-corrected chi connectivity index (χ1v) is 6.83. The largest absolute Gasteiger partial charge is 0.383 e. The van der Waals surface area contributed by atoms with Gasteiger partial charge in [-0.05, 0) is 18.5 Å². The van der Waals surface area contributed by atoms with Crippen LogP contribution in [-0.2, 0) is 16.0 Å². The van der Waals surface area contributed by atoms with E-state index in [0.29, 0.717) is 26.1 Å². The highest BCUT2D eigenvalue weighted by Gasteiger charge is 2.04. The van der Waals surface area contributed by atoms with Crippen LogP contribution in [0.5, 0.6) is 0 Å². The second-order valence-electron chi connectivity index (χ2n) is 4.52. The highest BCUT2D eigenvalue weighted by atomic mass is 16.6. The van der Waals surface area contributed by atoms with Crippen molar-refractivity contribution in [3.63, 3.8) is 0 Å². The van der Waals surface area contributed by atoms with E-state index >= 15 is 0 Å². The lowest BCUT2D eigenvalue weighted by molar-refractivity contribution is -0.384. The number of carbonyl (C=O) groups is 1. The van der Waals surface area contributed by atoms with Gasteiger partial charge in [-0.1, -0.05) is 12.1 Å². The Balaban J connectivity index is 2.11. The van der Waals surface area contributed by atoms with Crippen molar-refractivity contribution in [3.8, 4) is 0 Å². The first-order chi connectivity index (χ1) is 10.1. The Morgan fingerprint density at radius 2 is 1.95 bits per heavy atom. The molecule has 0 saturated carbocycles. The molecule has 7 heteroatoms. The SMILES string of the molecule is COCCNC(=O)CCNCCc1ccc([N+](=O)[O-])cc1. The van der Waals surface area contributed by atoms with E-state index in [-0.39, 0.29) is 11.6 Å². The number of nitro benzene ring substituents is 1. The van der Waals surface area contributed by atoms with E-state index in [2.05, 4.69) is 10.6 Å². The van der Waals surface area contributed by atoms with Gasteiger partial charge in [0.15, 0.2) is 0 Å². The van der Waals surface area contributed by atoms with Gasteiger partial charge in [0, 0.05) is 38.8 Å². The quantitative estimate of drug-likeness (QED) is 0.380. The van der Waals surface area contributed by atoms with Crippen LogP contribution in [0.3, 0.4) is 0 Å². The Kier molecular flexibility index (Phi) is 8.00. The molecule has 0 spiro atoms. The number of amides is 1. The zero-order valence-corrected chi connectivity index (χ0v) is 12.1. The first kappa shape index (κ1) is 17.1. The Morgan fingerprint density at radius 1 is 1.24 bits per heavy atom. The summed E-state index contributed by atoms with van der Waals surface area (Å²) >= 11 is 0. The topological polar surface area (TPSA) is 93.5 Å². The number of hydrogen-bond acceptors (Lipinski definition) is 5. The van der Waals surface area contributed by atoms with E-state index < -0.39 is 4.92 Å². The van der Waals surface area contributed by atoms with Crippen LogP contribution in [0.15, 0.2) is 24.3 Å². The van der Waals surface area contributed by atoms with Crippen LogP contribution in [-0.4, -0.2) is 44.2 Å². The van der Waals surface area contributed by atoms with Crippen molar-refractivity contribution in [1.82, 2.24) is 10.6 Å². The van der Waals surface area contributed by atoms with Crippen molar-refractivity contribution >= 4 is 11.6 Å². The molecule has 1 aromatic rings. The van der Waals surface area contributed by atoms with E-state index in [9.17, 15) is 14.9 Å². The second kappa shape index (κ2) is 9.84. The fourth-order valence-corrected chi connectivity index (χ4v) is 1.72. The number of benzene rings is 1. The van der Waals surface area contributed by atoms with E-state index in [1.54, 1.807) is 19.2 Å². The smallest absolute Gasteiger partial charge is 0.269 e. The maximum absolute atomic E-state index is 11.4. The maximum atomic E-state index is 11.4. The molecule has 1 rings (SSSR count). The molecule has 0 heterocycles. The predicted molar refractivity (Wildman–Crippen MR) is 79.2 cm³/mol. The number of carbonyl (C=O) groups excluding carboxylic acids is 1. The zero-order valence-electron chi connectivity index (χ0n) is 12.1. The van der Waals surface area contributed by atoms with Crippen molar-refractivity contribution in [3.05, 3.63) is 39.9 Å². The fraction of sp³-hybridized carbons (Fsp3) is 0.500. The molecule has 0 aliphatic heterocycles. The lowest BCUT2D eigenvalue weighted by atomic mass is 10.1. The average molecular weight is 295 g/mol. The average Bonchev–Trinajstić information content (AvgIpc) is 2.47. The van der Waals surface area contributed by atoms with Crippen LogP contribution in [0.25, 0.3) is 0 Å². The number of nitro groups is 1. The Hall–Kier alpha value is -1.99. The van der Waals surface area contributed by atoms with Crippen molar-refractivity contribution in [1.29, 1.82) is 0 Å². The molecule has 0 saturated heterocycles. The van der Waals surface area contributed by atoms with Crippen LogP contribution in [0.2, 0.25) is 0 Å². The van der Waals surface area contributed by atoms with Gasteiger partial charge in [0.2, 0.25) is 5.91 Å². The monoisotopic (exact) mass is 295 g/mol. The van der Waals surface area contributed by atoms with E-state index in [1.807, 2.05) is 0 Å². The summed E-state index contributed by atoms with van der Waals surface area (Å²) in [5, 5.41) is 16.4. The lowest BCUT2D eigenvalue weighted by Gasteiger charge is -2.06. The number of hydrogen-bond donors (Lipinski definition) is 2. The molecular formula is C14H21N3O4. The molecule has 0 atom stereocenters. The number of methoxy groups -OCH3 is 1. The third kappa shape index (κ3) is 7.38. The second-order valence-corrected chi connectivity index (χ2v) is 4.52. The van der Waals surface area contributed by atoms with Crippen LogP contribution < -0.4 is 10.6 Å². The van der Waals surface area contributed by atoms with Gasteiger partial charge in [0.1, 0.15) is 0 Å². The van der Waals surface area contributed by atoms with Gasteiger partial charge in [-0.15, -0.1) is 0 Å². The minimum Gasteiger partial charge on any atom is -0.383 e. The molecule has 0 aliphatic carbocycles. The molecule has 0 bridgehead atoms. The van der Waals surface area contributed by atoms with Crippen LogP contribution in [0.4, 0.5) is 5.69 Å². The Morgan fingerprint density at radius 3 is 2.57 bits per heavy atom. The zero-order chi connectivity index (χ0) is 15.5. The van der Waals surface area contributed by atoms with Crippen LogP contribution in [0, 0.1) is 10.1 Å². The summed E-state index contributed by atoms with van der Waals surface area (Å²) in [7, 11) is 1.59. The van der Waals surface area contributed by atoms with Gasteiger partial charge in [-0.2, -0.15) is 0 Å². The highest BCUT2D eigenvalue weighted by molar-refractivity contribution is 5.75. The molecule has 0 unspecified atom stereocenters. The third-order valence-electron chi connectivity index (χ3n) is 2.89. The number of nitrogens with zero attached hydrogens (tertiary/aromatic N) is 1. The van der Waals surface area contributed by atoms with Crippen molar-refractivity contribution in [2.45, 2.75) is 12.8 Å². The summed E-state index contributed by atoms with van der Waals surface area (Å²) in [4.78, 5) is 21.5. The minimum atomic E-state index is -0.412. The standard InChI is InChI=1S/C14H21N3O4/c1-21-11-10-16-14(18)7-9-15-8-6-12-2-4-13(5-3-12)17(19)20/h2-5,15H,6-11H2,1H3,(H,16,18). The number of non-ortho nitro benzene ring substituents is 1. The van der Waals surface area contributed by atoms with Crippen LogP contribution >= 0.6 is 0 Å². The molecule has 21 heavy (non-hydrogen) atoms. The van der Waals surface area contributed by atoms with Gasteiger partial charge < -0.3 is 15.4 Å². The molecular weight excluding hydrogens is 274 g/mol. The molecule has 0 aliphatic rings. The third-order valence-corrected chi connectivity index (χ3v) is 2.89. The Labute approximate surface area is 123 Å². The molecule has 7 nitrogen and oxygen atoms in total. The molecule has 2 N–H and O–H groups in total. The molecule has 1 amide bonds. The summed E-state index contributed by atoms with van der Waals surface area (Å²) in [5.74, 6) is -0.00474. The number of rotatable bonds is 10. The molecule has 1 aromatic carbocycles.